The second kappa shape index (κ2) is 9.95. The van der Waals surface area contributed by atoms with E-state index >= 15 is 0 Å². The van der Waals surface area contributed by atoms with E-state index in [9.17, 15) is 14.3 Å². The van der Waals surface area contributed by atoms with Crippen LogP contribution in [-0.2, 0) is 0 Å². The van der Waals surface area contributed by atoms with Gasteiger partial charge in [0.2, 0.25) is 0 Å². The lowest BCUT2D eigenvalue weighted by Gasteiger charge is -2.24. The van der Waals surface area contributed by atoms with E-state index in [-0.39, 0.29) is 17.7 Å². The Morgan fingerprint density at radius 1 is 1.14 bits per heavy atom. The molecule has 2 N–H and O–H groups in total. The number of nitrogens with zero attached hydrogens (tertiary/aromatic N) is 2. The molecule has 0 radical (unpaired) electrons. The van der Waals surface area contributed by atoms with Gasteiger partial charge in [0.15, 0.2) is 0 Å². The van der Waals surface area contributed by atoms with Crippen LogP contribution in [0.3, 0.4) is 0 Å². The summed E-state index contributed by atoms with van der Waals surface area (Å²) in [5.74, 6) is -0.103. The molecule has 184 valence electrons. The van der Waals surface area contributed by atoms with Gasteiger partial charge in [0.1, 0.15) is 17.3 Å². The minimum atomic E-state index is -0.458. The number of pyridine rings is 1. The Morgan fingerprint density at radius 2 is 1.97 bits per heavy atom. The molecule has 1 atom stereocenters. The average Bonchev–Trinajstić information content (AvgIpc) is 3.39. The highest BCUT2D eigenvalue weighted by Gasteiger charge is 2.25. The van der Waals surface area contributed by atoms with E-state index in [0.29, 0.717) is 39.9 Å². The topological polar surface area (TPSA) is 74.7 Å². The van der Waals surface area contributed by atoms with Gasteiger partial charge in [-0.3, -0.25) is 9.78 Å². The van der Waals surface area contributed by atoms with Crippen molar-refractivity contribution in [1.29, 1.82) is 0 Å². The number of benzene rings is 3. The predicted octanol–water partition coefficient (Wildman–Crippen LogP) is 5.25. The van der Waals surface area contributed by atoms with E-state index < -0.39 is 5.82 Å². The third-order valence-electron chi connectivity index (χ3n) is 6.68. The smallest absolute Gasteiger partial charge is 0.255 e. The Morgan fingerprint density at radius 3 is 2.72 bits per heavy atom. The summed E-state index contributed by atoms with van der Waals surface area (Å²) < 4.78 is 19.8. The molecule has 5 rings (SSSR count). The van der Waals surface area contributed by atoms with Gasteiger partial charge < -0.3 is 20.1 Å². The molecule has 1 aliphatic heterocycles. The Hall–Kier alpha value is -3.97. The summed E-state index contributed by atoms with van der Waals surface area (Å²) in [6, 6.07) is 17.3. The quantitative estimate of drug-likeness (QED) is 0.390. The number of amides is 1. The zero-order valence-electron chi connectivity index (χ0n) is 20.3. The van der Waals surface area contributed by atoms with Gasteiger partial charge in [-0.1, -0.05) is 18.2 Å². The number of hydrogen-bond donors (Lipinski definition) is 2. The number of carbonyl (C=O) groups is 1. The molecule has 0 spiro atoms. The van der Waals surface area contributed by atoms with Crippen molar-refractivity contribution >= 4 is 16.8 Å². The molecule has 3 aromatic carbocycles. The van der Waals surface area contributed by atoms with Crippen molar-refractivity contribution < 1.29 is 19.0 Å². The Kier molecular flexibility index (Phi) is 6.57. The van der Waals surface area contributed by atoms with Crippen LogP contribution in [0.1, 0.15) is 23.2 Å². The summed E-state index contributed by atoms with van der Waals surface area (Å²) >= 11 is 0. The zero-order chi connectivity index (χ0) is 25.2. The van der Waals surface area contributed by atoms with Gasteiger partial charge in [0.25, 0.3) is 5.91 Å². The van der Waals surface area contributed by atoms with Crippen molar-refractivity contribution in [2.45, 2.75) is 18.9 Å². The molecule has 6 nitrogen and oxygen atoms in total. The molecule has 1 aliphatic rings. The van der Waals surface area contributed by atoms with E-state index in [1.807, 2.05) is 24.3 Å². The van der Waals surface area contributed by atoms with Gasteiger partial charge in [-0.25, -0.2) is 4.39 Å². The summed E-state index contributed by atoms with van der Waals surface area (Å²) in [5, 5.41) is 14.1. The number of phenolic OH excluding ortho intramolecular Hbond substituents is 1. The maximum Gasteiger partial charge on any atom is 0.255 e. The lowest BCUT2D eigenvalue weighted by molar-refractivity contribution is 0.0786. The fraction of sp³-hybridized carbons (Fsp3) is 0.241. The molecule has 1 aromatic heterocycles. The van der Waals surface area contributed by atoms with Gasteiger partial charge in [-0.05, 0) is 72.5 Å². The van der Waals surface area contributed by atoms with Crippen LogP contribution in [0.5, 0.6) is 11.5 Å². The van der Waals surface area contributed by atoms with E-state index in [2.05, 4.69) is 10.3 Å². The number of likely N-dealkylation sites (N-methyl/N-ethyl adjacent to an activating group) is 1. The second-order valence-corrected chi connectivity index (χ2v) is 9.19. The van der Waals surface area contributed by atoms with Crippen LogP contribution in [0.2, 0.25) is 0 Å². The van der Waals surface area contributed by atoms with Gasteiger partial charge in [0, 0.05) is 42.8 Å². The number of aromatic hydroxyl groups is 1. The summed E-state index contributed by atoms with van der Waals surface area (Å²) in [7, 11) is 3.27. The summed E-state index contributed by atoms with van der Waals surface area (Å²) in [6.07, 6.45) is 3.73. The first kappa shape index (κ1) is 23.8. The molecule has 1 fully saturated rings. The van der Waals surface area contributed by atoms with E-state index in [4.69, 9.17) is 4.74 Å². The van der Waals surface area contributed by atoms with Crippen LogP contribution in [0.4, 0.5) is 4.39 Å². The standard InChI is InChI=1S/C29H28FN3O3/c1-33(17-22-6-4-10-31-22)29(35)28-25-14-19(18-5-3-7-23(34)12-18)8-9-27(25)32-16-26(28)20-11-21(30)15-24(13-20)36-2/h3,5,7-9,11-16,22,31,34H,4,6,10,17H2,1-2H3/t22-/m0/s1. The maximum atomic E-state index is 14.5. The molecule has 1 saturated heterocycles. The number of nitrogens with one attached hydrogen (secondary N) is 1. The number of phenols is 1. The number of aromatic nitrogens is 1. The molecule has 4 aromatic rings. The summed E-state index contributed by atoms with van der Waals surface area (Å²) in [6.45, 7) is 1.52. The average molecular weight is 486 g/mol. The van der Waals surface area contributed by atoms with Crippen LogP contribution < -0.4 is 10.1 Å². The molecule has 0 bridgehead atoms. The van der Waals surface area contributed by atoms with E-state index in [1.54, 1.807) is 42.4 Å². The SMILES string of the molecule is COc1cc(F)cc(-c2cnc3ccc(-c4cccc(O)c4)cc3c2C(=O)N(C)C[C@@H]2CCCN2)c1. The third-order valence-corrected chi connectivity index (χ3v) is 6.68. The lowest BCUT2D eigenvalue weighted by atomic mass is 9.94. The van der Waals surface area contributed by atoms with Crippen molar-refractivity contribution in [2.75, 3.05) is 27.2 Å². The van der Waals surface area contributed by atoms with Crippen LogP contribution >= 0.6 is 0 Å². The number of methoxy groups -OCH3 is 1. The van der Waals surface area contributed by atoms with Crippen molar-refractivity contribution in [3.63, 3.8) is 0 Å². The van der Waals surface area contributed by atoms with Crippen LogP contribution in [-0.4, -0.2) is 54.2 Å². The number of fused-ring (bicyclic) bond motifs is 1. The molecule has 0 aliphatic carbocycles. The number of hydrogen-bond acceptors (Lipinski definition) is 5. The molecule has 7 heteroatoms. The molecule has 36 heavy (non-hydrogen) atoms. The predicted molar refractivity (Wildman–Crippen MR) is 139 cm³/mol. The second-order valence-electron chi connectivity index (χ2n) is 9.19. The first-order chi connectivity index (χ1) is 17.4. The molecular formula is C29H28FN3O3. The zero-order valence-corrected chi connectivity index (χ0v) is 20.3. The highest BCUT2D eigenvalue weighted by atomic mass is 19.1. The van der Waals surface area contributed by atoms with Gasteiger partial charge in [0.05, 0.1) is 18.2 Å². The van der Waals surface area contributed by atoms with Crippen molar-refractivity contribution in [2.24, 2.45) is 0 Å². The summed E-state index contributed by atoms with van der Waals surface area (Å²) in [4.78, 5) is 20.3. The van der Waals surface area contributed by atoms with Gasteiger partial charge >= 0.3 is 0 Å². The Balaban J connectivity index is 1.70. The van der Waals surface area contributed by atoms with Crippen LogP contribution in [0.25, 0.3) is 33.2 Å². The van der Waals surface area contributed by atoms with Crippen LogP contribution in [0.15, 0.2) is 66.9 Å². The van der Waals surface area contributed by atoms with E-state index in [0.717, 1.165) is 30.5 Å². The van der Waals surface area contributed by atoms with Gasteiger partial charge in [-0.15, -0.1) is 0 Å². The maximum absolute atomic E-state index is 14.5. The summed E-state index contributed by atoms with van der Waals surface area (Å²) in [5.41, 5.74) is 3.81. The van der Waals surface area contributed by atoms with Crippen molar-refractivity contribution in [3.05, 3.63) is 78.2 Å². The minimum Gasteiger partial charge on any atom is -0.508 e. The number of carbonyl (C=O) groups excluding carboxylic acids is 1. The molecule has 0 saturated carbocycles. The molecule has 1 amide bonds. The highest BCUT2D eigenvalue weighted by molar-refractivity contribution is 6.12. The van der Waals surface area contributed by atoms with Crippen molar-refractivity contribution in [1.82, 2.24) is 15.2 Å². The van der Waals surface area contributed by atoms with Gasteiger partial charge in [-0.2, -0.15) is 0 Å². The van der Waals surface area contributed by atoms with Crippen LogP contribution in [0, 0.1) is 5.82 Å². The first-order valence-electron chi connectivity index (χ1n) is 12.0. The monoisotopic (exact) mass is 485 g/mol. The third kappa shape index (κ3) is 4.75. The molecule has 0 unspecified atom stereocenters. The van der Waals surface area contributed by atoms with Crippen molar-refractivity contribution in [3.8, 4) is 33.8 Å². The Bertz CT molecular complexity index is 1430. The minimum absolute atomic E-state index is 0.159. The lowest BCUT2D eigenvalue weighted by Crippen LogP contribution is -2.38. The molecule has 2 heterocycles. The highest BCUT2D eigenvalue weighted by Crippen LogP contribution is 2.35. The first-order valence-corrected chi connectivity index (χ1v) is 12.0. The van der Waals surface area contributed by atoms with E-state index in [1.165, 1.54) is 19.2 Å². The number of rotatable bonds is 6. The largest absolute Gasteiger partial charge is 0.508 e. The fourth-order valence-corrected chi connectivity index (χ4v) is 4.86. The number of ether oxygens (including phenoxy) is 1. The normalized spacial score (nSPS) is 15.2. The number of halogens is 1. The Labute approximate surface area is 209 Å². The fourth-order valence-electron chi connectivity index (χ4n) is 4.86. The molecular weight excluding hydrogens is 457 g/mol.